The van der Waals surface area contributed by atoms with Crippen molar-refractivity contribution in [1.82, 2.24) is 0 Å². The lowest BCUT2D eigenvalue weighted by atomic mass is 9.99. The molecule has 2 nitrogen and oxygen atoms in total. The smallest absolute Gasteiger partial charge is 0.211 e. The molecule has 1 amide bonds. The SMILES string of the molecule is CC(C)Cc1cc(-c2sc(-c3sc(-c4sc(-c5ccc(-c6ccc(NC=O)cc6)s5)cc4CC(C)C)cc3CC(C)C)cc2CC(C)C)sc1Br. The molecule has 0 saturated carbocycles. The minimum absolute atomic E-state index is 0.572. The molecule has 5 aromatic heterocycles. The summed E-state index contributed by atoms with van der Waals surface area (Å²) in [5.41, 5.74) is 7.84. The Morgan fingerprint density at radius 2 is 0.922 bits per heavy atom. The van der Waals surface area contributed by atoms with E-state index in [1.54, 1.807) is 0 Å². The van der Waals surface area contributed by atoms with Crippen molar-refractivity contribution in [3.05, 3.63) is 86.7 Å². The number of rotatable bonds is 15. The van der Waals surface area contributed by atoms with Crippen LogP contribution in [0.3, 0.4) is 0 Å². The zero-order valence-electron chi connectivity index (χ0n) is 30.8. The third-order valence-corrected chi connectivity index (χ3v) is 16.0. The summed E-state index contributed by atoms with van der Waals surface area (Å²) < 4.78 is 1.28. The summed E-state index contributed by atoms with van der Waals surface area (Å²) in [5, 5.41) is 2.74. The Morgan fingerprint density at radius 1 is 0.510 bits per heavy atom. The highest BCUT2D eigenvalue weighted by atomic mass is 79.9. The number of carbonyl (C=O) groups is 1. The Labute approximate surface area is 333 Å². The summed E-state index contributed by atoms with van der Waals surface area (Å²) in [6, 6.07) is 22.6. The lowest BCUT2D eigenvalue weighted by Crippen LogP contribution is -1.94. The van der Waals surface area contributed by atoms with Crippen LogP contribution in [0.15, 0.2) is 64.5 Å². The van der Waals surface area contributed by atoms with Crippen molar-refractivity contribution in [3.8, 4) is 49.5 Å². The lowest BCUT2D eigenvalue weighted by Gasteiger charge is -2.05. The molecule has 0 bridgehead atoms. The van der Waals surface area contributed by atoms with Crippen LogP contribution in [-0.4, -0.2) is 6.41 Å². The number of halogens is 1. The first-order chi connectivity index (χ1) is 24.4. The largest absolute Gasteiger partial charge is 0.329 e. The van der Waals surface area contributed by atoms with Gasteiger partial charge in [-0.25, -0.2) is 0 Å². The van der Waals surface area contributed by atoms with Crippen LogP contribution in [0.4, 0.5) is 5.69 Å². The predicted molar refractivity (Wildman–Crippen MR) is 235 cm³/mol. The van der Waals surface area contributed by atoms with Crippen molar-refractivity contribution < 1.29 is 4.79 Å². The molecule has 8 heteroatoms. The van der Waals surface area contributed by atoms with Crippen LogP contribution in [0.2, 0.25) is 0 Å². The molecule has 6 aromatic rings. The van der Waals surface area contributed by atoms with Gasteiger partial charge in [0.05, 0.1) is 3.79 Å². The number of thiophene rings is 5. The highest BCUT2D eigenvalue weighted by molar-refractivity contribution is 9.11. The Balaban J connectivity index is 1.40. The van der Waals surface area contributed by atoms with Gasteiger partial charge >= 0.3 is 0 Å². The summed E-state index contributed by atoms with van der Waals surface area (Å²) in [4.78, 5) is 23.3. The molecule has 0 aliphatic rings. The normalized spacial score (nSPS) is 11.9. The molecule has 51 heavy (non-hydrogen) atoms. The molecule has 0 radical (unpaired) electrons. The minimum Gasteiger partial charge on any atom is -0.329 e. The van der Waals surface area contributed by atoms with Crippen molar-refractivity contribution in [3.63, 3.8) is 0 Å². The van der Waals surface area contributed by atoms with Crippen LogP contribution in [0.25, 0.3) is 49.5 Å². The molecular formula is C43H48BrNOS5. The first kappa shape index (κ1) is 38.4. The molecule has 0 atom stereocenters. The molecule has 6 rings (SSSR count). The molecule has 0 fully saturated rings. The average Bonchev–Trinajstić information content (AvgIpc) is 3.88. The summed E-state index contributed by atoms with van der Waals surface area (Å²) in [6.07, 6.45) is 5.06. The van der Waals surface area contributed by atoms with E-state index >= 15 is 0 Å². The standard InChI is InChI=1S/C43H48BrNOS5/c1-24(2)15-29-19-36(35-14-13-34(47-35)28-9-11-33(12-10-28)45-23-46)48-40(29)37-20-30(16-25(3)4)41(49-37)38-21-31(17-26(5)6)42(50-38)39-22-32(18-27(7)8)43(44)51-39/h9-14,19-27H,15-18H2,1-8H3,(H,45,46). The molecule has 0 aliphatic carbocycles. The Bertz CT molecular complexity index is 2080. The molecule has 0 spiro atoms. The molecule has 1 aromatic carbocycles. The highest BCUT2D eigenvalue weighted by Gasteiger charge is 2.23. The highest BCUT2D eigenvalue weighted by Crippen LogP contribution is 2.51. The van der Waals surface area contributed by atoms with E-state index in [0.29, 0.717) is 23.7 Å². The van der Waals surface area contributed by atoms with Gasteiger partial charge in [-0.1, -0.05) is 67.5 Å². The molecule has 268 valence electrons. The van der Waals surface area contributed by atoms with Crippen molar-refractivity contribution in [2.75, 3.05) is 5.32 Å². The van der Waals surface area contributed by atoms with Gasteiger partial charge in [0.2, 0.25) is 6.41 Å². The molecule has 1 N–H and O–H groups in total. The third-order valence-electron chi connectivity index (χ3n) is 8.61. The summed E-state index contributed by atoms with van der Waals surface area (Å²) in [6.45, 7) is 18.6. The third kappa shape index (κ3) is 9.25. The number of hydrogen-bond donors (Lipinski definition) is 1. The monoisotopic (exact) mass is 833 g/mol. The first-order valence-electron chi connectivity index (χ1n) is 18.0. The quantitative estimate of drug-likeness (QED) is 0.103. The van der Waals surface area contributed by atoms with Crippen molar-refractivity contribution in [2.24, 2.45) is 23.7 Å². The number of carbonyl (C=O) groups excluding carboxylic acids is 1. The van der Waals surface area contributed by atoms with Crippen LogP contribution < -0.4 is 5.32 Å². The minimum atomic E-state index is 0.572. The van der Waals surface area contributed by atoms with Gasteiger partial charge in [-0.05, 0) is 142 Å². The molecule has 0 saturated heterocycles. The number of anilines is 1. The van der Waals surface area contributed by atoms with Gasteiger partial charge < -0.3 is 5.32 Å². The first-order valence-corrected chi connectivity index (χ1v) is 22.8. The van der Waals surface area contributed by atoms with E-state index in [-0.39, 0.29) is 0 Å². The van der Waals surface area contributed by atoms with Gasteiger partial charge in [0.25, 0.3) is 0 Å². The Morgan fingerprint density at radius 3 is 1.41 bits per heavy atom. The topological polar surface area (TPSA) is 29.1 Å². The number of amides is 1. The second-order valence-electron chi connectivity index (χ2n) is 15.2. The van der Waals surface area contributed by atoms with Crippen LogP contribution in [0.5, 0.6) is 0 Å². The summed E-state index contributed by atoms with van der Waals surface area (Å²) in [5.74, 6) is 2.38. The second-order valence-corrected chi connectivity index (χ2v) is 21.8. The molecule has 0 aliphatic heterocycles. The second kappa shape index (κ2) is 16.8. The van der Waals surface area contributed by atoms with Crippen LogP contribution in [-0.2, 0) is 30.5 Å². The van der Waals surface area contributed by atoms with Crippen molar-refractivity contribution >= 4 is 84.7 Å². The zero-order valence-corrected chi connectivity index (χ0v) is 36.5. The van der Waals surface area contributed by atoms with E-state index in [4.69, 9.17) is 0 Å². The van der Waals surface area contributed by atoms with Gasteiger partial charge in [0, 0.05) is 49.6 Å². The fourth-order valence-electron chi connectivity index (χ4n) is 6.55. The van der Waals surface area contributed by atoms with E-state index in [1.165, 1.54) is 75.5 Å². The van der Waals surface area contributed by atoms with Crippen LogP contribution >= 0.6 is 72.6 Å². The fraction of sp³-hybridized carbons (Fsp3) is 0.372. The van der Waals surface area contributed by atoms with E-state index in [1.807, 2.05) is 68.8 Å². The molecule has 5 heterocycles. The Kier molecular flexibility index (Phi) is 12.6. The summed E-state index contributed by atoms with van der Waals surface area (Å²) in [7, 11) is 0. The van der Waals surface area contributed by atoms with Crippen LogP contribution in [0, 0.1) is 23.7 Å². The molecule has 0 unspecified atom stereocenters. The lowest BCUT2D eigenvalue weighted by molar-refractivity contribution is -0.105. The van der Waals surface area contributed by atoms with Gasteiger partial charge in [0.1, 0.15) is 0 Å². The van der Waals surface area contributed by atoms with E-state index in [9.17, 15) is 4.79 Å². The van der Waals surface area contributed by atoms with Gasteiger partial charge in [0.15, 0.2) is 0 Å². The predicted octanol–water partition coefficient (Wildman–Crippen LogP) is 15.5. The van der Waals surface area contributed by atoms with Gasteiger partial charge in [-0.2, -0.15) is 0 Å². The number of nitrogens with one attached hydrogen (secondary N) is 1. The van der Waals surface area contributed by atoms with Gasteiger partial charge in [-0.15, -0.1) is 56.7 Å². The maximum Gasteiger partial charge on any atom is 0.211 e. The van der Waals surface area contributed by atoms with Crippen LogP contribution in [0.1, 0.15) is 77.6 Å². The van der Waals surface area contributed by atoms with E-state index in [0.717, 1.165) is 37.8 Å². The molecular weight excluding hydrogens is 787 g/mol. The van der Waals surface area contributed by atoms with Crippen molar-refractivity contribution in [2.45, 2.75) is 81.1 Å². The maximum atomic E-state index is 10.9. The maximum absolute atomic E-state index is 10.9. The van der Waals surface area contributed by atoms with E-state index < -0.39 is 0 Å². The van der Waals surface area contributed by atoms with Crippen molar-refractivity contribution in [1.29, 1.82) is 0 Å². The zero-order chi connectivity index (χ0) is 36.4. The van der Waals surface area contributed by atoms with E-state index in [2.05, 4.69) is 125 Å². The Hall–Kier alpha value is -2.33. The fourth-order valence-corrected chi connectivity index (χ4v) is 13.3. The number of hydrogen-bond acceptors (Lipinski definition) is 6. The number of benzene rings is 1. The van der Waals surface area contributed by atoms with Gasteiger partial charge in [-0.3, -0.25) is 4.79 Å². The summed E-state index contributed by atoms with van der Waals surface area (Å²) >= 11 is 13.6. The average molecular weight is 835 g/mol.